The summed E-state index contributed by atoms with van der Waals surface area (Å²) in [6.07, 6.45) is 2.82. The summed E-state index contributed by atoms with van der Waals surface area (Å²) >= 11 is 1.85. The molecule has 1 heterocycles. The third-order valence-corrected chi connectivity index (χ3v) is 3.27. The van der Waals surface area contributed by atoms with E-state index in [0.29, 0.717) is 0 Å². The van der Waals surface area contributed by atoms with Gasteiger partial charge in [-0.3, -0.25) is 4.68 Å². The van der Waals surface area contributed by atoms with Crippen LogP contribution >= 0.6 is 11.8 Å². The minimum Gasteiger partial charge on any atom is -0.389 e. The molecule has 0 fully saturated rings. The van der Waals surface area contributed by atoms with Gasteiger partial charge in [0.1, 0.15) is 0 Å². The first-order valence-corrected chi connectivity index (χ1v) is 6.68. The van der Waals surface area contributed by atoms with E-state index in [4.69, 9.17) is 0 Å². The molecule has 15 heavy (non-hydrogen) atoms. The average molecular weight is 228 g/mol. The highest BCUT2D eigenvalue weighted by molar-refractivity contribution is 7.98. The lowest BCUT2D eigenvalue weighted by atomic mass is 10.1. The lowest BCUT2D eigenvalue weighted by Crippen LogP contribution is -2.04. The van der Waals surface area contributed by atoms with Gasteiger partial charge in [-0.05, 0) is 39.2 Å². The zero-order valence-electron chi connectivity index (χ0n) is 9.95. The van der Waals surface area contributed by atoms with Crippen LogP contribution in [0.15, 0.2) is 0 Å². The number of aliphatic hydroxyl groups excluding tert-OH is 1. The minimum absolute atomic E-state index is 0.417. The van der Waals surface area contributed by atoms with Crippen LogP contribution in [0.1, 0.15) is 36.4 Å². The zero-order valence-corrected chi connectivity index (χ0v) is 10.8. The maximum atomic E-state index is 9.61. The molecule has 0 saturated carbocycles. The fraction of sp³-hybridized carbons (Fsp3) is 0.727. The van der Waals surface area contributed by atoms with Gasteiger partial charge in [-0.25, -0.2) is 0 Å². The molecule has 1 unspecified atom stereocenters. The Hall–Kier alpha value is -0.480. The van der Waals surface area contributed by atoms with E-state index in [0.717, 1.165) is 35.7 Å². The van der Waals surface area contributed by atoms with Crippen molar-refractivity contribution in [1.82, 2.24) is 9.78 Å². The van der Waals surface area contributed by atoms with Gasteiger partial charge in [-0.2, -0.15) is 16.9 Å². The summed E-state index contributed by atoms with van der Waals surface area (Å²) in [6.45, 7) is 6.73. The summed E-state index contributed by atoms with van der Waals surface area (Å²) < 4.78 is 2.01. The first kappa shape index (κ1) is 12.6. The lowest BCUT2D eigenvalue weighted by molar-refractivity contribution is 0.197. The summed E-state index contributed by atoms with van der Waals surface area (Å²) in [6, 6.07) is 0. The third-order valence-electron chi connectivity index (χ3n) is 2.57. The smallest absolute Gasteiger partial charge is 0.0797 e. The molecule has 0 saturated heterocycles. The second kappa shape index (κ2) is 5.56. The van der Waals surface area contributed by atoms with Gasteiger partial charge in [0, 0.05) is 17.8 Å². The predicted molar refractivity (Wildman–Crippen MR) is 65.3 cm³/mol. The van der Waals surface area contributed by atoms with Crippen LogP contribution in [-0.2, 0) is 6.54 Å². The molecule has 0 radical (unpaired) electrons. The van der Waals surface area contributed by atoms with Crippen LogP contribution in [0.3, 0.4) is 0 Å². The Kier molecular flexibility index (Phi) is 4.67. The lowest BCUT2D eigenvalue weighted by Gasteiger charge is -2.06. The van der Waals surface area contributed by atoms with E-state index in [1.54, 1.807) is 6.92 Å². The van der Waals surface area contributed by atoms with Crippen LogP contribution in [0.25, 0.3) is 0 Å². The monoisotopic (exact) mass is 228 g/mol. The summed E-state index contributed by atoms with van der Waals surface area (Å²) in [5.74, 6) is 1.16. The topological polar surface area (TPSA) is 38.0 Å². The highest BCUT2D eigenvalue weighted by Crippen LogP contribution is 2.21. The predicted octanol–water partition coefficient (Wildman–Crippen LogP) is 2.31. The molecule has 3 nitrogen and oxygen atoms in total. The molecule has 0 bridgehead atoms. The normalized spacial score (nSPS) is 13.1. The molecule has 0 spiro atoms. The third kappa shape index (κ3) is 2.98. The standard InChI is InChI=1S/C11H20N2OS/c1-8-11(10(3)14)9(2)13(12-8)6-5-7-15-4/h10,14H,5-7H2,1-4H3. The van der Waals surface area contributed by atoms with Gasteiger partial charge < -0.3 is 5.11 Å². The van der Waals surface area contributed by atoms with E-state index in [1.807, 2.05) is 30.3 Å². The summed E-state index contributed by atoms with van der Waals surface area (Å²) in [5.41, 5.74) is 3.04. The molecule has 1 N–H and O–H groups in total. The number of aryl methyl sites for hydroxylation is 2. The van der Waals surface area contributed by atoms with Gasteiger partial charge in [0.05, 0.1) is 11.8 Å². The number of aromatic nitrogens is 2. The molecule has 1 atom stereocenters. The first-order chi connectivity index (χ1) is 7.07. The SMILES string of the molecule is CSCCCn1nc(C)c(C(C)O)c1C. The van der Waals surface area contributed by atoms with Crippen molar-refractivity contribution in [1.29, 1.82) is 0 Å². The molecule has 86 valence electrons. The van der Waals surface area contributed by atoms with Gasteiger partial charge in [0.25, 0.3) is 0 Å². The number of hydrogen-bond acceptors (Lipinski definition) is 3. The van der Waals surface area contributed by atoms with Crippen molar-refractivity contribution < 1.29 is 5.11 Å². The molecule has 4 heteroatoms. The molecular formula is C11H20N2OS. The van der Waals surface area contributed by atoms with Crippen molar-refractivity contribution in [3.63, 3.8) is 0 Å². The van der Waals surface area contributed by atoms with Crippen LogP contribution < -0.4 is 0 Å². The number of thioether (sulfide) groups is 1. The van der Waals surface area contributed by atoms with E-state index in [1.165, 1.54) is 0 Å². The molecule has 0 aliphatic rings. The van der Waals surface area contributed by atoms with Crippen LogP contribution in [-0.4, -0.2) is 26.9 Å². The van der Waals surface area contributed by atoms with Crippen LogP contribution in [0, 0.1) is 13.8 Å². The maximum Gasteiger partial charge on any atom is 0.0797 e. The Bertz CT molecular complexity index is 321. The van der Waals surface area contributed by atoms with Crippen LogP contribution in [0.4, 0.5) is 0 Å². The van der Waals surface area contributed by atoms with Crippen LogP contribution in [0.5, 0.6) is 0 Å². The Labute approximate surface area is 95.9 Å². The molecule has 1 rings (SSSR count). The summed E-state index contributed by atoms with van der Waals surface area (Å²) in [4.78, 5) is 0. The average Bonchev–Trinajstić information content (AvgIpc) is 2.42. The summed E-state index contributed by atoms with van der Waals surface area (Å²) in [5, 5.41) is 14.1. The van der Waals surface area contributed by atoms with E-state index in [9.17, 15) is 5.11 Å². The highest BCUT2D eigenvalue weighted by Gasteiger charge is 2.14. The Morgan fingerprint density at radius 1 is 1.47 bits per heavy atom. The number of hydrogen-bond donors (Lipinski definition) is 1. The second-order valence-electron chi connectivity index (χ2n) is 3.83. The van der Waals surface area contributed by atoms with Crippen molar-refractivity contribution in [3.8, 4) is 0 Å². The van der Waals surface area contributed by atoms with Crippen LogP contribution in [0.2, 0.25) is 0 Å². The van der Waals surface area contributed by atoms with E-state index < -0.39 is 6.10 Å². The molecule has 0 aliphatic heterocycles. The molecule has 1 aromatic rings. The van der Waals surface area contributed by atoms with Crippen molar-refractivity contribution in [2.24, 2.45) is 0 Å². The van der Waals surface area contributed by atoms with Gasteiger partial charge in [-0.15, -0.1) is 0 Å². The molecular weight excluding hydrogens is 208 g/mol. The van der Waals surface area contributed by atoms with Crippen molar-refractivity contribution in [2.75, 3.05) is 12.0 Å². The van der Waals surface area contributed by atoms with Crippen molar-refractivity contribution in [2.45, 2.75) is 39.8 Å². The van der Waals surface area contributed by atoms with Gasteiger partial charge in [-0.1, -0.05) is 0 Å². The fourth-order valence-corrected chi connectivity index (χ4v) is 2.31. The van der Waals surface area contributed by atoms with Crippen molar-refractivity contribution in [3.05, 3.63) is 17.0 Å². The number of nitrogens with zero attached hydrogens (tertiary/aromatic N) is 2. The largest absolute Gasteiger partial charge is 0.389 e. The van der Waals surface area contributed by atoms with Gasteiger partial charge >= 0.3 is 0 Å². The molecule has 1 aromatic heterocycles. The van der Waals surface area contributed by atoms with Crippen molar-refractivity contribution >= 4 is 11.8 Å². The molecule has 0 amide bonds. The highest BCUT2D eigenvalue weighted by atomic mass is 32.2. The Morgan fingerprint density at radius 3 is 2.60 bits per heavy atom. The summed E-state index contributed by atoms with van der Waals surface area (Å²) in [7, 11) is 0. The van der Waals surface area contributed by atoms with E-state index in [-0.39, 0.29) is 0 Å². The quantitative estimate of drug-likeness (QED) is 0.786. The Balaban J connectivity index is 2.77. The van der Waals surface area contributed by atoms with E-state index in [2.05, 4.69) is 11.4 Å². The minimum atomic E-state index is -0.417. The number of rotatable bonds is 5. The van der Waals surface area contributed by atoms with E-state index >= 15 is 0 Å². The Morgan fingerprint density at radius 2 is 2.13 bits per heavy atom. The molecule has 0 aromatic carbocycles. The maximum absolute atomic E-state index is 9.61. The fourth-order valence-electron chi connectivity index (χ4n) is 1.89. The molecule has 0 aliphatic carbocycles. The van der Waals surface area contributed by atoms with Gasteiger partial charge in [0.15, 0.2) is 0 Å². The number of aliphatic hydroxyl groups is 1. The second-order valence-corrected chi connectivity index (χ2v) is 4.82. The van der Waals surface area contributed by atoms with Gasteiger partial charge in [0.2, 0.25) is 0 Å². The first-order valence-electron chi connectivity index (χ1n) is 5.28. The zero-order chi connectivity index (χ0) is 11.4.